The first kappa shape index (κ1) is 14.7. The summed E-state index contributed by atoms with van der Waals surface area (Å²) in [7, 11) is 0. The van der Waals surface area contributed by atoms with Crippen molar-refractivity contribution in [2.75, 3.05) is 0 Å². The van der Waals surface area contributed by atoms with Gasteiger partial charge in [0, 0.05) is 10.7 Å². The van der Waals surface area contributed by atoms with Crippen molar-refractivity contribution in [3.8, 4) is 5.95 Å². The van der Waals surface area contributed by atoms with E-state index < -0.39 is 0 Å². The standard InChI is InChI=1S/C14H13ClN6S/c1-9-6-10(2)20(19-9)13-17-18-14(22)21(13)16-8-11-4-3-5-12(15)7-11/h3-8H,1-2H3,(H,18,22)/b16-8-. The molecule has 6 nitrogen and oxygen atoms in total. The number of aromatic nitrogens is 5. The summed E-state index contributed by atoms with van der Waals surface area (Å²) in [6.07, 6.45) is 1.67. The van der Waals surface area contributed by atoms with Gasteiger partial charge in [0.1, 0.15) is 0 Å². The Morgan fingerprint density at radius 2 is 2.14 bits per heavy atom. The van der Waals surface area contributed by atoms with Crippen molar-refractivity contribution in [2.24, 2.45) is 5.10 Å². The molecule has 3 aromatic rings. The van der Waals surface area contributed by atoms with Gasteiger partial charge in [-0.2, -0.15) is 14.9 Å². The van der Waals surface area contributed by atoms with Crippen molar-refractivity contribution in [2.45, 2.75) is 13.8 Å². The van der Waals surface area contributed by atoms with Gasteiger partial charge in [-0.1, -0.05) is 23.7 Å². The van der Waals surface area contributed by atoms with Crippen LogP contribution in [0.5, 0.6) is 0 Å². The first-order valence-corrected chi connectivity index (χ1v) is 7.34. The molecule has 112 valence electrons. The van der Waals surface area contributed by atoms with E-state index in [1.54, 1.807) is 10.9 Å². The summed E-state index contributed by atoms with van der Waals surface area (Å²) >= 11 is 11.2. The number of nitrogens with zero attached hydrogens (tertiary/aromatic N) is 5. The lowest BCUT2D eigenvalue weighted by Gasteiger charge is -2.02. The second-order valence-electron chi connectivity index (χ2n) is 4.78. The minimum absolute atomic E-state index is 0.390. The molecule has 1 aromatic carbocycles. The lowest BCUT2D eigenvalue weighted by molar-refractivity contribution is 0.714. The smallest absolute Gasteiger partial charge is 0.248 e. The highest BCUT2D eigenvalue weighted by Gasteiger charge is 2.11. The highest BCUT2D eigenvalue weighted by Crippen LogP contribution is 2.11. The van der Waals surface area contributed by atoms with E-state index in [2.05, 4.69) is 20.4 Å². The normalized spacial score (nSPS) is 11.4. The maximum Gasteiger partial charge on any atom is 0.271 e. The molecule has 0 atom stereocenters. The van der Waals surface area contributed by atoms with E-state index in [0.29, 0.717) is 15.7 Å². The third kappa shape index (κ3) is 2.86. The lowest BCUT2D eigenvalue weighted by atomic mass is 10.2. The van der Waals surface area contributed by atoms with Crippen LogP contribution in [0.3, 0.4) is 0 Å². The van der Waals surface area contributed by atoms with Crippen LogP contribution in [0.4, 0.5) is 0 Å². The van der Waals surface area contributed by atoms with Crippen molar-refractivity contribution >= 4 is 30.0 Å². The molecule has 3 rings (SSSR count). The van der Waals surface area contributed by atoms with E-state index in [4.69, 9.17) is 23.8 Å². The van der Waals surface area contributed by atoms with Crippen LogP contribution in [0, 0.1) is 18.6 Å². The minimum Gasteiger partial charge on any atom is -0.248 e. The summed E-state index contributed by atoms with van der Waals surface area (Å²) in [4.78, 5) is 0. The Labute approximate surface area is 137 Å². The van der Waals surface area contributed by atoms with Gasteiger partial charge in [-0.15, -0.1) is 5.10 Å². The summed E-state index contributed by atoms with van der Waals surface area (Å²) < 4.78 is 3.60. The number of aryl methyl sites for hydroxylation is 2. The maximum atomic E-state index is 5.97. The van der Waals surface area contributed by atoms with Crippen LogP contribution in [0.15, 0.2) is 35.4 Å². The van der Waals surface area contributed by atoms with Crippen LogP contribution in [-0.4, -0.2) is 30.9 Å². The number of hydrogen-bond acceptors (Lipinski definition) is 4. The number of benzene rings is 1. The zero-order valence-electron chi connectivity index (χ0n) is 12.0. The predicted molar refractivity (Wildman–Crippen MR) is 88.5 cm³/mol. The van der Waals surface area contributed by atoms with Crippen molar-refractivity contribution in [3.05, 3.63) is 57.1 Å². The highest BCUT2D eigenvalue weighted by atomic mass is 35.5. The third-order valence-corrected chi connectivity index (χ3v) is 3.50. The molecule has 0 bridgehead atoms. The predicted octanol–water partition coefficient (Wildman–Crippen LogP) is 3.28. The summed E-state index contributed by atoms with van der Waals surface area (Å²) in [5.41, 5.74) is 2.72. The summed E-state index contributed by atoms with van der Waals surface area (Å²) in [6.45, 7) is 3.87. The first-order valence-electron chi connectivity index (χ1n) is 6.55. The van der Waals surface area contributed by atoms with Crippen LogP contribution in [-0.2, 0) is 0 Å². The molecule has 0 unspecified atom stereocenters. The fourth-order valence-electron chi connectivity index (χ4n) is 2.07. The average Bonchev–Trinajstić information content (AvgIpc) is 2.99. The maximum absolute atomic E-state index is 5.97. The van der Waals surface area contributed by atoms with Gasteiger partial charge in [-0.3, -0.25) is 0 Å². The van der Waals surface area contributed by atoms with Crippen LogP contribution in [0.2, 0.25) is 5.02 Å². The van der Waals surface area contributed by atoms with Crippen molar-refractivity contribution < 1.29 is 0 Å². The summed E-state index contributed by atoms with van der Waals surface area (Å²) in [5.74, 6) is 0.508. The largest absolute Gasteiger partial charge is 0.271 e. The van der Waals surface area contributed by atoms with Gasteiger partial charge in [0.15, 0.2) is 0 Å². The van der Waals surface area contributed by atoms with Crippen LogP contribution in [0.25, 0.3) is 5.95 Å². The number of H-pyrrole nitrogens is 1. The molecule has 8 heteroatoms. The molecule has 0 aliphatic rings. The van der Waals surface area contributed by atoms with E-state index in [0.717, 1.165) is 17.0 Å². The molecule has 2 heterocycles. The van der Waals surface area contributed by atoms with Gasteiger partial charge < -0.3 is 0 Å². The molecular weight excluding hydrogens is 320 g/mol. The third-order valence-electron chi connectivity index (χ3n) is 3.00. The lowest BCUT2D eigenvalue weighted by Crippen LogP contribution is -2.07. The number of halogens is 1. The molecule has 0 aliphatic heterocycles. The molecule has 2 aromatic heterocycles. The van der Waals surface area contributed by atoms with Gasteiger partial charge in [0.25, 0.3) is 5.95 Å². The van der Waals surface area contributed by atoms with Gasteiger partial charge in [-0.05, 0) is 49.8 Å². The van der Waals surface area contributed by atoms with E-state index in [1.165, 1.54) is 4.68 Å². The van der Waals surface area contributed by atoms with Gasteiger partial charge in [0.05, 0.1) is 11.9 Å². The Balaban J connectivity index is 2.03. The second kappa shape index (κ2) is 5.86. The Bertz CT molecular complexity index is 904. The molecule has 0 spiro atoms. The monoisotopic (exact) mass is 332 g/mol. The van der Waals surface area contributed by atoms with Crippen LogP contribution >= 0.6 is 23.8 Å². The zero-order chi connectivity index (χ0) is 15.7. The van der Waals surface area contributed by atoms with Gasteiger partial charge in [0.2, 0.25) is 4.77 Å². The molecule has 22 heavy (non-hydrogen) atoms. The Kier molecular flexibility index (Phi) is 3.91. The fraction of sp³-hybridized carbons (Fsp3) is 0.143. The molecule has 0 saturated carbocycles. The minimum atomic E-state index is 0.390. The molecule has 0 radical (unpaired) electrons. The fourth-order valence-corrected chi connectivity index (χ4v) is 2.44. The van der Waals surface area contributed by atoms with Crippen LogP contribution < -0.4 is 0 Å². The molecule has 0 saturated heterocycles. The second-order valence-corrected chi connectivity index (χ2v) is 5.60. The van der Waals surface area contributed by atoms with Gasteiger partial charge in [-0.25, -0.2) is 9.78 Å². The topological polar surface area (TPSA) is 63.8 Å². The molecule has 1 N–H and O–H groups in total. The number of rotatable bonds is 3. The molecule has 0 amide bonds. The van der Waals surface area contributed by atoms with Crippen molar-refractivity contribution in [1.29, 1.82) is 0 Å². The first-order chi connectivity index (χ1) is 10.5. The quantitative estimate of drug-likeness (QED) is 0.591. The Morgan fingerprint density at radius 3 is 2.82 bits per heavy atom. The number of hydrogen-bond donors (Lipinski definition) is 1. The van der Waals surface area contributed by atoms with E-state index in [-0.39, 0.29) is 0 Å². The number of aromatic amines is 1. The van der Waals surface area contributed by atoms with E-state index >= 15 is 0 Å². The summed E-state index contributed by atoms with van der Waals surface area (Å²) in [5, 5.41) is 16.4. The number of nitrogens with one attached hydrogen (secondary N) is 1. The Morgan fingerprint density at radius 1 is 1.32 bits per heavy atom. The average molecular weight is 333 g/mol. The zero-order valence-corrected chi connectivity index (χ0v) is 13.6. The molecule has 0 fully saturated rings. The van der Waals surface area contributed by atoms with Crippen molar-refractivity contribution in [3.63, 3.8) is 0 Å². The SMILES string of the molecule is Cc1cc(C)n(-c2n[nH]c(=S)n2/N=C\c2cccc(Cl)c2)n1. The molecule has 0 aliphatic carbocycles. The molecular formula is C14H13ClN6S. The Hall–Kier alpha value is -2.25. The van der Waals surface area contributed by atoms with Crippen LogP contribution in [0.1, 0.15) is 17.0 Å². The van der Waals surface area contributed by atoms with E-state index in [1.807, 2.05) is 44.2 Å². The summed E-state index contributed by atoms with van der Waals surface area (Å²) in [6, 6.07) is 9.35. The van der Waals surface area contributed by atoms with E-state index in [9.17, 15) is 0 Å². The van der Waals surface area contributed by atoms with Crippen molar-refractivity contribution in [1.82, 2.24) is 24.7 Å². The highest BCUT2D eigenvalue weighted by molar-refractivity contribution is 7.71. The van der Waals surface area contributed by atoms with Gasteiger partial charge >= 0.3 is 0 Å².